The lowest BCUT2D eigenvalue weighted by Crippen LogP contribution is -2.23. The van der Waals surface area contributed by atoms with Gasteiger partial charge in [0.15, 0.2) is 4.32 Å². The Balaban J connectivity index is 1.80. The van der Waals surface area contributed by atoms with Crippen LogP contribution in [0, 0.1) is 0 Å². The summed E-state index contributed by atoms with van der Waals surface area (Å²) in [7, 11) is 0. The van der Waals surface area contributed by atoms with E-state index in [1.54, 1.807) is 6.21 Å². The molecular weight excluding hydrogens is 280 g/mol. The predicted molar refractivity (Wildman–Crippen MR) is 80.3 cm³/mol. The normalized spacial score (nSPS) is 18.5. The van der Waals surface area contributed by atoms with Gasteiger partial charge in [-0.1, -0.05) is 42.2 Å². The minimum Gasteiger partial charge on any atom is -0.488 e. The van der Waals surface area contributed by atoms with Crippen molar-refractivity contribution < 1.29 is 9.53 Å². The number of benzene rings is 1. The number of hydrazone groups is 1. The lowest BCUT2D eigenvalue weighted by Gasteiger charge is -2.15. The predicted octanol–water partition coefficient (Wildman–Crippen LogP) is 2.31. The third-order valence-electron chi connectivity index (χ3n) is 2.72. The second kappa shape index (κ2) is 5.14. The quantitative estimate of drug-likeness (QED) is 0.619. The number of thiocarbonyl (C=S) groups is 1. The maximum atomic E-state index is 11.5. The van der Waals surface area contributed by atoms with Crippen LogP contribution in [0.3, 0.4) is 0 Å². The van der Waals surface area contributed by atoms with Gasteiger partial charge in [-0.25, -0.2) is 0 Å². The third kappa shape index (κ3) is 2.54. The summed E-state index contributed by atoms with van der Waals surface area (Å²) in [6, 6.07) is 7.79. The zero-order valence-electron chi connectivity index (χ0n) is 9.91. The van der Waals surface area contributed by atoms with Gasteiger partial charge in [0, 0.05) is 11.1 Å². The number of hydrogen-bond donors (Lipinski definition) is 0. The van der Waals surface area contributed by atoms with E-state index >= 15 is 0 Å². The molecule has 1 aromatic rings. The molecule has 96 valence electrons. The minimum absolute atomic E-state index is 0.0797. The van der Waals surface area contributed by atoms with Crippen LogP contribution in [0.25, 0.3) is 6.08 Å². The lowest BCUT2D eigenvalue weighted by molar-refractivity contribution is -0.123. The molecule has 0 radical (unpaired) electrons. The number of amides is 1. The van der Waals surface area contributed by atoms with E-state index < -0.39 is 0 Å². The summed E-state index contributed by atoms with van der Waals surface area (Å²) in [5, 5.41) is 5.40. The molecule has 0 N–H and O–H groups in total. The first-order valence-electron chi connectivity index (χ1n) is 5.70. The van der Waals surface area contributed by atoms with Gasteiger partial charge < -0.3 is 4.74 Å². The number of rotatable bonds is 2. The first-order valence-corrected chi connectivity index (χ1v) is 7.09. The Morgan fingerprint density at radius 1 is 1.42 bits per heavy atom. The second-order valence-electron chi connectivity index (χ2n) is 4.05. The van der Waals surface area contributed by atoms with Crippen LogP contribution in [0.4, 0.5) is 0 Å². The third-order valence-corrected chi connectivity index (χ3v) is 4.06. The SMILES string of the molecule is O=C1CSC(=S)N1/N=C/C1=Cc2ccccc2OC1. The number of fused-ring (bicyclic) bond motifs is 1. The van der Waals surface area contributed by atoms with Crippen LogP contribution >= 0.6 is 24.0 Å². The smallest absolute Gasteiger partial charge is 0.259 e. The topological polar surface area (TPSA) is 41.9 Å². The molecule has 0 aromatic heterocycles. The molecule has 3 rings (SSSR count). The van der Waals surface area contributed by atoms with Crippen LogP contribution in [0.5, 0.6) is 5.75 Å². The molecule has 4 nitrogen and oxygen atoms in total. The fraction of sp³-hybridized carbons (Fsp3) is 0.154. The van der Waals surface area contributed by atoms with Gasteiger partial charge in [-0.2, -0.15) is 10.1 Å². The highest BCUT2D eigenvalue weighted by atomic mass is 32.2. The number of thioether (sulfide) groups is 1. The maximum Gasteiger partial charge on any atom is 0.259 e. The van der Waals surface area contributed by atoms with Gasteiger partial charge in [0.1, 0.15) is 12.4 Å². The molecule has 0 saturated carbocycles. The van der Waals surface area contributed by atoms with Gasteiger partial charge >= 0.3 is 0 Å². The molecule has 2 heterocycles. The molecule has 0 atom stereocenters. The highest BCUT2D eigenvalue weighted by molar-refractivity contribution is 8.23. The fourth-order valence-electron chi connectivity index (χ4n) is 1.80. The molecule has 0 unspecified atom stereocenters. The Morgan fingerprint density at radius 2 is 2.26 bits per heavy atom. The van der Waals surface area contributed by atoms with Gasteiger partial charge in [-0.05, 0) is 12.1 Å². The van der Waals surface area contributed by atoms with Crippen LogP contribution in [0.2, 0.25) is 0 Å². The van der Waals surface area contributed by atoms with E-state index in [2.05, 4.69) is 5.10 Å². The van der Waals surface area contributed by atoms with Crippen molar-refractivity contribution in [1.29, 1.82) is 0 Å². The minimum atomic E-state index is -0.0797. The molecule has 0 aliphatic carbocycles. The Labute approximate surface area is 120 Å². The Bertz CT molecular complexity index is 594. The van der Waals surface area contributed by atoms with Crippen molar-refractivity contribution in [2.24, 2.45) is 5.10 Å². The molecule has 0 spiro atoms. The van der Waals surface area contributed by atoms with Crippen LogP contribution in [-0.4, -0.2) is 33.8 Å². The van der Waals surface area contributed by atoms with Crippen LogP contribution < -0.4 is 4.74 Å². The largest absolute Gasteiger partial charge is 0.488 e. The molecule has 2 aliphatic heterocycles. The Kier molecular flexibility index (Phi) is 3.35. The van der Waals surface area contributed by atoms with Crippen molar-refractivity contribution in [2.75, 3.05) is 12.4 Å². The van der Waals surface area contributed by atoms with Crippen LogP contribution in [0.15, 0.2) is 34.9 Å². The van der Waals surface area contributed by atoms with Crippen molar-refractivity contribution in [3.05, 3.63) is 35.4 Å². The number of carbonyl (C=O) groups is 1. The average Bonchev–Trinajstić information content (AvgIpc) is 2.76. The molecule has 0 bridgehead atoms. The summed E-state index contributed by atoms with van der Waals surface area (Å²) in [5.41, 5.74) is 1.92. The van der Waals surface area contributed by atoms with Crippen molar-refractivity contribution >= 4 is 46.5 Å². The summed E-state index contributed by atoms with van der Waals surface area (Å²) < 4.78 is 6.10. The molecular formula is C13H10N2O2S2. The van der Waals surface area contributed by atoms with Gasteiger partial charge in [-0.15, -0.1) is 0 Å². The van der Waals surface area contributed by atoms with E-state index in [9.17, 15) is 4.79 Å². The average molecular weight is 290 g/mol. The second-order valence-corrected chi connectivity index (χ2v) is 5.66. The first kappa shape index (κ1) is 12.4. The molecule has 1 amide bonds. The number of hydrogen-bond acceptors (Lipinski definition) is 5. The fourth-order valence-corrected chi connectivity index (χ4v) is 2.77. The lowest BCUT2D eigenvalue weighted by atomic mass is 10.1. The van der Waals surface area contributed by atoms with Gasteiger partial charge in [-0.3, -0.25) is 4.79 Å². The number of nitrogens with zero attached hydrogens (tertiary/aromatic N) is 2. The van der Waals surface area contributed by atoms with Crippen LogP contribution in [0.1, 0.15) is 5.56 Å². The monoisotopic (exact) mass is 290 g/mol. The van der Waals surface area contributed by atoms with E-state index in [0.29, 0.717) is 16.7 Å². The number of ether oxygens (including phenoxy) is 1. The van der Waals surface area contributed by atoms with E-state index in [0.717, 1.165) is 16.9 Å². The van der Waals surface area contributed by atoms with Crippen molar-refractivity contribution in [3.8, 4) is 5.75 Å². The van der Waals surface area contributed by atoms with Crippen LogP contribution in [-0.2, 0) is 4.79 Å². The molecule has 1 saturated heterocycles. The highest BCUT2D eigenvalue weighted by Crippen LogP contribution is 2.25. The zero-order valence-corrected chi connectivity index (χ0v) is 11.5. The summed E-state index contributed by atoms with van der Waals surface area (Å²) in [6.45, 7) is 0.447. The molecule has 6 heteroatoms. The number of para-hydroxylation sites is 1. The van der Waals surface area contributed by atoms with E-state index in [-0.39, 0.29) is 5.91 Å². The first-order chi connectivity index (χ1) is 9.24. The van der Waals surface area contributed by atoms with Crippen molar-refractivity contribution in [3.63, 3.8) is 0 Å². The Morgan fingerprint density at radius 3 is 3.05 bits per heavy atom. The van der Waals surface area contributed by atoms with E-state index in [4.69, 9.17) is 17.0 Å². The Hall–Kier alpha value is -1.66. The molecule has 2 aliphatic rings. The van der Waals surface area contributed by atoms with Gasteiger partial charge in [0.05, 0.1) is 12.0 Å². The maximum absolute atomic E-state index is 11.5. The molecule has 19 heavy (non-hydrogen) atoms. The number of carbonyl (C=O) groups excluding carboxylic acids is 1. The van der Waals surface area contributed by atoms with Gasteiger partial charge in [0.25, 0.3) is 5.91 Å². The summed E-state index contributed by atoms with van der Waals surface area (Å²) >= 11 is 6.38. The zero-order chi connectivity index (χ0) is 13.2. The summed E-state index contributed by atoms with van der Waals surface area (Å²) in [6.07, 6.45) is 3.63. The summed E-state index contributed by atoms with van der Waals surface area (Å²) in [5.74, 6) is 1.15. The standard InChI is InChI=1S/C13H10N2O2S2/c16-12-8-19-13(18)15(12)14-6-9-5-10-3-1-2-4-11(10)17-7-9/h1-6H,7-8H2/b14-6+. The van der Waals surface area contributed by atoms with E-state index in [1.165, 1.54) is 16.8 Å². The molecule has 1 fully saturated rings. The van der Waals surface area contributed by atoms with Gasteiger partial charge in [0.2, 0.25) is 0 Å². The van der Waals surface area contributed by atoms with Crippen molar-refractivity contribution in [2.45, 2.75) is 0 Å². The van der Waals surface area contributed by atoms with Crippen molar-refractivity contribution in [1.82, 2.24) is 5.01 Å². The van der Waals surface area contributed by atoms with E-state index in [1.807, 2.05) is 30.3 Å². The molecule has 1 aromatic carbocycles. The highest BCUT2D eigenvalue weighted by Gasteiger charge is 2.26. The summed E-state index contributed by atoms with van der Waals surface area (Å²) in [4.78, 5) is 11.5.